The number of amides is 2. The maximum Gasteiger partial charge on any atom is 0.242 e. The zero-order chi connectivity index (χ0) is 23.7. The molecule has 8 nitrogen and oxygen atoms in total. The zero-order valence-corrected chi connectivity index (χ0v) is 20.0. The van der Waals surface area contributed by atoms with E-state index in [-0.39, 0.29) is 43.1 Å². The van der Waals surface area contributed by atoms with Gasteiger partial charge in [0.2, 0.25) is 18.6 Å². The van der Waals surface area contributed by atoms with Gasteiger partial charge >= 0.3 is 0 Å². The van der Waals surface area contributed by atoms with Gasteiger partial charge in [-0.2, -0.15) is 0 Å². The molecule has 0 spiro atoms. The number of morpholine rings is 1. The third-order valence-corrected chi connectivity index (χ3v) is 6.89. The normalized spacial score (nSPS) is 19.4. The summed E-state index contributed by atoms with van der Waals surface area (Å²) >= 11 is 1.45. The van der Waals surface area contributed by atoms with Crippen LogP contribution in [-0.4, -0.2) is 59.1 Å². The number of hydrogen-bond acceptors (Lipinski definition) is 6. The fourth-order valence-electron chi connectivity index (χ4n) is 4.40. The van der Waals surface area contributed by atoms with Gasteiger partial charge in [0.25, 0.3) is 0 Å². The monoisotopic (exact) mass is 481 g/mol. The third-order valence-electron chi connectivity index (χ3n) is 5.85. The summed E-state index contributed by atoms with van der Waals surface area (Å²) in [5.41, 5.74) is 1.64. The molecule has 9 heteroatoms. The van der Waals surface area contributed by atoms with E-state index < -0.39 is 0 Å². The van der Waals surface area contributed by atoms with E-state index in [1.165, 1.54) is 11.8 Å². The maximum atomic E-state index is 13.0. The number of benzene rings is 2. The van der Waals surface area contributed by atoms with Crippen LogP contribution in [0.2, 0.25) is 0 Å². The van der Waals surface area contributed by atoms with E-state index in [9.17, 15) is 9.59 Å². The van der Waals surface area contributed by atoms with E-state index in [2.05, 4.69) is 5.32 Å². The van der Waals surface area contributed by atoms with Gasteiger partial charge in [-0.3, -0.25) is 9.59 Å². The standard InChI is InChI=1S/C25H27N3O5S/c1-16-10-28(11-17(2)33-16)25(30)13-27-12-23(19-5-3-4-6-20(19)27)34-14-24(29)26-18-7-8-21-22(9-18)32-15-31-21/h3-9,12,16-17H,10-11,13-15H2,1-2H3,(H,26,29)/t16-,17-/m0/s1. The number of para-hydroxylation sites is 1. The van der Waals surface area contributed by atoms with Gasteiger partial charge in [0.1, 0.15) is 6.54 Å². The van der Waals surface area contributed by atoms with Crippen LogP contribution in [0.15, 0.2) is 53.6 Å². The average Bonchev–Trinajstić information content (AvgIpc) is 3.41. The van der Waals surface area contributed by atoms with Crippen molar-refractivity contribution in [3.8, 4) is 11.5 Å². The summed E-state index contributed by atoms with van der Waals surface area (Å²) in [4.78, 5) is 28.5. The summed E-state index contributed by atoms with van der Waals surface area (Å²) in [6.07, 6.45) is 2.03. The smallest absolute Gasteiger partial charge is 0.242 e. The second-order valence-corrected chi connectivity index (χ2v) is 9.62. The molecule has 2 aliphatic heterocycles. The first-order valence-electron chi connectivity index (χ1n) is 11.3. The van der Waals surface area contributed by atoms with Gasteiger partial charge in [0, 0.05) is 46.8 Å². The molecule has 0 bridgehead atoms. The molecule has 1 N–H and O–H groups in total. The van der Waals surface area contributed by atoms with E-state index >= 15 is 0 Å². The van der Waals surface area contributed by atoms with Crippen LogP contribution >= 0.6 is 11.8 Å². The first kappa shape index (κ1) is 22.6. The van der Waals surface area contributed by atoms with Crippen molar-refractivity contribution >= 4 is 40.2 Å². The first-order chi connectivity index (χ1) is 16.5. The minimum absolute atomic E-state index is 0.0310. The Balaban J connectivity index is 1.26. The molecule has 1 aromatic heterocycles. The fourth-order valence-corrected chi connectivity index (χ4v) is 5.29. The van der Waals surface area contributed by atoms with Crippen LogP contribution in [0, 0.1) is 0 Å². The van der Waals surface area contributed by atoms with Crippen molar-refractivity contribution in [3.63, 3.8) is 0 Å². The average molecular weight is 482 g/mol. The number of hydrogen-bond donors (Lipinski definition) is 1. The number of carbonyl (C=O) groups excluding carboxylic acids is 2. The lowest BCUT2D eigenvalue weighted by Crippen LogP contribution is -2.49. The Hall–Kier alpha value is -3.17. The Morgan fingerprint density at radius 3 is 2.65 bits per heavy atom. The van der Waals surface area contributed by atoms with Crippen LogP contribution in [-0.2, 0) is 20.9 Å². The van der Waals surface area contributed by atoms with Crippen LogP contribution in [0.1, 0.15) is 13.8 Å². The minimum atomic E-state index is -0.118. The molecule has 0 aliphatic carbocycles. The second kappa shape index (κ2) is 9.60. The van der Waals surface area contributed by atoms with E-state index in [1.807, 2.05) is 53.8 Å². The van der Waals surface area contributed by atoms with Crippen LogP contribution in [0.5, 0.6) is 11.5 Å². The van der Waals surface area contributed by atoms with Crippen LogP contribution < -0.4 is 14.8 Å². The highest BCUT2D eigenvalue weighted by Gasteiger charge is 2.26. The van der Waals surface area contributed by atoms with Crippen molar-refractivity contribution in [2.75, 3.05) is 31.0 Å². The molecule has 1 fully saturated rings. The number of aromatic nitrogens is 1. The Morgan fingerprint density at radius 2 is 1.82 bits per heavy atom. The number of nitrogens with zero attached hydrogens (tertiary/aromatic N) is 2. The summed E-state index contributed by atoms with van der Waals surface area (Å²) in [5.74, 6) is 1.50. The lowest BCUT2D eigenvalue weighted by Gasteiger charge is -2.35. The van der Waals surface area contributed by atoms with Crippen molar-refractivity contribution in [2.45, 2.75) is 37.5 Å². The van der Waals surface area contributed by atoms with Gasteiger partial charge in [-0.25, -0.2) is 0 Å². The predicted molar refractivity (Wildman–Crippen MR) is 130 cm³/mol. The third kappa shape index (κ3) is 4.85. The van der Waals surface area contributed by atoms with E-state index in [0.717, 1.165) is 15.8 Å². The molecule has 5 rings (SSSR count). The van der Waals surface area contributed by atoms with Gasteiger partial charge in [-0.15, -0.1) is 11.8 Å². The molecular weight excluding hydrogens is 454 g/mol. The summed E-state index contributed by atoms with van der Waals surface area (Å²) in [6.45, 7) is 5.63. The van der Waals surface area contributed by atoms with Crippen LogP contribution in [0.4, 0.5) is 5.69 Å². The molecule has 3 aromatic rings. The lowest BCUT2D eigenvalue weighted by molar-refractivity contribution is -0.143. The van der Waals surface area contributed by atoms with Crippen molar-refractivity contribution in [1.82, 2.24) is 9.47 Å². The molecular formula is C25H27N3O5S. The predicted octanol–water partition coefficient (Wildman–Crippen LogP) is 3.74. The molecule has 2 amide bonds. The summed E-state index contributed by atoms with van der Waals surface area (Å²) in [6, 6.07) is 13.3. The number of thioether (sulfide) groups is 1. The molecule has 34 heavy (non-hydrogen) atoms. The highest BCUT2D eigenvalue weighted by atomic mass is 32.2. The molecule has 0 unspecified atom stereocenters. The number of anilines is 1. The van der Waals surface area contributed by atoms with Gasteiger partial charge in [-0.1, -0.05) is 18.2 Å². The summed E-state index contributed by atoms with van der Waals surface area (Å²) in [5, 5.41) is 3.93. The highest BCUT2D eigenvalue weighted by molar-refractivity contribution is 8.00. The summed E-state index contributed by atoms with van der Waals surface area (Å²) < 4.78 is 18.4. The van der Waals surface area contributed by atoms with Gasteiger partial charge in [0.15, 0.2) is 11.5 Å². The first-order valence-corrected chi connectivity index (χ1v) is 12.3. The van der Waals surface area contributed by atoms with E-state index in [0.29, 0.717) is 30.3 Å². The molecule has 2 aromatic carbocycles. The number of ether oxygens (including phenoxy) is 3. The zero-order valence-electron chi connectivity index (χ0n) is 19.2. The molecule has 2 atom stereocenters. The van der Waals surface area contributed by atoms with Gasteiger partial charge < -0.3 is 29.0 Å². The van der Waals surface area contributed by atoms with Crippen LogP contribution in [0.25, 0.3) is 10.9 Å². The fraction of sp³-hybridized carbons (Fsp3) is 0.360. The number of fused-ring (bicyclic) bond motifs is 2. The second-order valence-electron chi connectivity index (χ2n) is 8.60. The minimum Gasteiger partial charge on any atom is -0.454 e. The van der Waals surface area contributed by atoms with Gasteiger partial charge in [-0.05, 0) is 32.0 Å². The van der Waals surface area contributed by atoms with E-state index in [4.69, 9.17) is 14.2 Å². The van der Waals surface area contributed by atoms with Crippen molar-refractivity contribution in [1.29, 1.82) is 0 Å². The number of carbonyl (C=O) groups is 2. The quantitative estimate of drug-likeness (QED) is 0.541. The van der Waals surface area contributed by atoms with E-state index in [1.54, 1.807) is 18.2 Å². The molecule has 0 saturated carbocycles. The highest BCUT2D eigenvalue weighted by Crippen LogP contribution is 2.34. The SMILES string of the molecule is C[C@H]1CN(C(=O)Cn2cc(SCC(=O)Nc3ccc4c(c3)OCO4)c3ccccc32)C[C@H](C)O1. The Bertz CT molecular complexity index is 1220. The van der Waals surface area contributed by atoms with Crippen molar-refractivity contribution in [2.24, 2.45) is 0 Å². The lowest BCUT2D eigenvalue weighted by atomic mass is 10.2. The van der Waals surface area contributed by atoms with Crippen molar-refractivity contribution in [3.05, 3.63) is 48.7 Å². The van der Waals surface area contributed by atoms with Gasteiger partial charge in [0.05, 0.1) is 18.0 Å². The Morgan fingerprint density at radius 1 is 1.06 bits per heavy atom. The molecule has 2 aliphatic rings. The Kier molecular flexibility index (Phi) is 6.38. The maximum absolute atomic E-state index is 13.0. The number of rotatable bonds is 6. The van der Waals surface area contributed by atoms with Crippen molar-refractivity contribution < 1.29 is 23.8 Å². The molecule has 1 saturated heterocycles. The Labute approximate surface area is 202 Å². The largest absolute Gasteiger partial charge is 0.454 e. The van der Waals surface area contributed by atoms with Crippen LogP contribution in [0.3, 0.4) is 0 Å². The molecule has 178 valence electrons. The molecule has 3 heterocycles. The number of nitrogens with one attached hydrogen (secondary N) is 1. The summed E-state index contributed by atoms with van der Waals surface area (Å²) in [7, 11) is 0. The molecule has 0 radical (unpaired) electrons. The topological polar surface area (TPSA) is 82.0 Å².